The van der Waals surface area contributed by atoms with Crippen LogP contribution in [-0.4, -0.2) is 5.71 Å². The van der Waals surface area contributed by atoms with Gasteiger partial charge in [0.05, 0.1) is 11.4 Å². The molecule has 1 aliphatic heterocycles. The van der Waals surface area contributed by atoms with Crippen molar-refractivity contribution in [1.82, 2.24) is 0 Å². The number of fused-ring (bicyclic) bond motifs is 3. The molecule has 0 atom stereocenters. The minimum Gasteiger partial charge on any atom is -0.252 e. The van der Waals surface area contributed by atoms with Gasteiger partial charge in [0.2, 0.25) is 0 Å². The third kappa shape index (κ3) is 1.04. The molecule has 2 heteroatoms. The Labute approximate surface area is 91.0 Å². The minimum atomic E-state index is 0.944. The van der Waals surface area contributed by atoms with Crippen molar-refractivity contribution in [1.29, 1.82) is 0 Å². The zero-order valence-electron chi connectivity index (χ0n) is 7.50. The molecule has 0 radical (unpaired) electrons. The Balaban J connectivity index is 2.31. The molecule has 14 heavy (non-hydrogen) atoms. The standard InChI is InChI=1S/C12H8BrN/c13-9-5-3-7-11-12(9)8-4-1-2-6-10(8)14-11/h1-6H,7H2. The first-order valence-electron chi connectivity index (χ1n) is 4.60. The van der Waals surface area contributed by atoms with E-state index in [-0.39, 0.29) is 0 Å². The van der Waals surface area contributed by atoms with Gasteiger partial charge < -0.3 is 0 Å². The second kappa shape index (κ2) is 2.92. The predicted molar refractivity (Wildman–Crippen MR) is 63.1 cm³/mol. The average molecular weight is 246 g/mol. The quantitative estimate of drug-likeness (QED) is 0.659. The molecule has 0 N–H and O–H groups in total. The first kappa shape index (κ1) is 8.18. The second-order valence-electron chi connectivity index (χ2n) is 3.41. The van der Waals surface area contributed by atoms with Crippen molar-refractivity contribution in [3.8, 4) is 0 Å². The lowest BCUT2D eigenvalue weighted by Crippen LogP contribution is -2.00. The lowest BCUT2D eigenvalue weighted by Gasteiger charge is -2.08. The summed E-state index contributed by atoms with van der Waals surface area (Å²) in [5.41, 5.74) is 4.79. The van der Waals surface area contributed by atoms with E-state index >= 15 is 0 Å². The molecule has 0 unspecified atom stereocenters. The average Bonchev–Trinajstić information content (AvgIpc) is 2.57. The number of hydrogen-bond donors (Lipinski definition) is 0. The van der Waals surface area contributed by atoms with E-state index in [1.165, 1.54) is 16.8 Å². The van der Waals surface area contributed by atoms with Crippen LogP contribution in [0.15, 0.2) is 45.9 Å². The van der Waals surface area contributed by atoms with Crippen LogP contribution in [0.4, 0.5) is 5.69 Å². The third-order valence-electron chi connectivity index (χ3n) is 2.53. The van der Waals surface area contributed by atoms with E-state index in [4.69, 9.17) is 0 Å². The Morgan fingerprint density at radius 1 is 1.21 bits per heavy atom. The van der Waals surface area contributed by atoms with Gasteiger partial charge in [0.1, 0.15) is 0 Å². The van der Waals surface area contributed by atoms with Gasteiger partial charge in [-0.3, -0.25) is 4.99 Å². The van der Waals surface area contributed by atoms with Crippen molar-refractivity contribution < 1.29 is 0 Å². The van der Waals surface area contributed by atoms with Gasteiger partial charge in [-0.2, -0.15) is 0 Å². The van der Waals surface area contributed by atoms with Gasteiger partial charge in [0, 0.05) is 22.0 Å². The molecule has 1 nitrogen and oxygen atoms in total. The van der Waals surface area contributed by atoms with Crippen molar-refractivity contribution in [3.05, 3.63) is 46.5 Å². The molecule has 0 saturated heterocycles. The summed E-state index contributed by atoms with van der Waals surface area (Å²) >= 11 is 3.58. The van der Waals surface area contributed by atoms with Crippen LogP contribution in [0.1, 0.15) is 12.0 Å². The Bertz CT molecular complexity index is 495. The predicted octanol–water partition coefficient (Wildman–Crippen LogP) is 3.84. The van der Waals surface area contributed by atoms with E-state index in [9.17, 15) is 0 Å². The van der Waals surface area contributed by atoms with E-state index in [1.807, 2.05) is 6.07 Å². The Kier molecular flexibility index (Phi) is 1.71. The van der Waals surface area contributed by atoms with Crippen LogP contribution in [0, 0.1) is 0 Å². The number of para-hydroxylation sites is 1. The van der Waals surface area contributed by atoms with Gasteiger partial charge in [-0.05, 0) is 6.07 Å². The monoisotopic (exact) mass is 245 g/mol. The maximum atomic E-state index is 4.60. The molecule has 3 rings (SSSR count). The Morgan fingerprint density at radius 2 is 2.07 bits per heavy atom. The maximum Gasteiger partial charge on any atom is 0.0712 e. The molecule has 0 amide bonds. The molecular formula is C12H8BrN. The number of aliphatic imine (C=N–C) groups is 1. The van der Waals surface area contributed by atoms with Crippen molar-refractivity contribution in [3.63, 3.8) is 0 Å². The lowest BCUT2D eigenvalue weighted by atomic mass is 9.97. The molecule has 68 valence electrons. The topological polar surface area (TPSA) is 12.4 Å². The van der Waals surface area contributed by atoms with E-state index in [1.54, 1.807) is 0 Å². The first-order valence-corrected chi connectivity index (χ1v) is 5.39. The van der Waals surface area contributed by atoms with Crippen molar-refractivity contribution in [2.24, 2.45) is 4.99 Å². The van der Waals surface area contributed by atoms with Crippen molar-refractivity contribution >= 4 is 32.9 Å². The molecule has 1 heterocycles. The van der Waals surface area contributed by atoms with Crippen LogP contribution in [0.3, 0.4) is 0 Å². The first-order chi connectivity index (χ1) is 6.86. The fraction of sp³-hybridized carbons (Fsp3) is 0.0833. The minimum absolute atomic E-state index is 0.944. The molecular weight excluding hydrogens is 238 g/mol. The molecule has 0 fully saturated rings. The van der Waals surface area contributed by atoms with E-state index in [0.717, 1.165) is 16.6 Å². The second-order valence-corrected chi connectivity index (χ2v) is 4.26. The zero-order chi connectivity index (χ0) is 9.54. The van der Waals surface area contributed by atoms with Crippen LogP contribution >= 0.6 is 15.9 Å². The summed E-state index contributed by atoms with van der Waals surface area (Å²) in [5.74, 6) is 0. The van der Waals surface area contributed by atoms with Gasteiger partial charge >= 0.3 is 0 Å². The highest BCUT2D eigenvalue weighted by Crippen LogP contribution is 2.40. The number of benzene rings is 1. The number of hydrogen-bond acceptors (Lipinski definition) is 1. The Morgan fingerprint density at radius 3 is 3.00 bits per heavy atom. The molecule has 0 saturated carbocycles. The number of rotatable bonds is 0. The molecule has 0 bridgehead atoms. The fourth-order valence-electron chi connectivity index (χ4n) is 1.91. The number of halogens is 1. The fourth-order valence-corrected chi connectivity index (χ4v) is 2.54. The SMILES string of the molecule is BrC1=C2C(=Nc3ccccc32)CC=C1. The van der Waals surface area contributed by atoms with Gasteiger partial charge in [0.15, 0.2) is 0 Å². The molecule has 0 aromatic heterocycles. The van der Waals surface area contributed by atoms with Crippen molar-refractivity contribution in [2.45, 2.75) is 6.42 Å². The normalized spacial score (nSPS) is 17.9. The largest absolute Gasteiger partial charge is 0.252 e. The van der Waals surface area contributed by atoms with Gasteiger partial charge in [-0.25, -0.2) is 0 Å². The summed E-state index contributed by atoms with van der Waals surface area (Å²) in [4.78, 5) is 4.60. The van der Waals surface area contributed by atoms with E-state index in [0.29, 0.717) is 0 Å². The molecule has 0 spiro atoms. The van der Waals surface area contributed by atoms with Crippen molar-refractivity contribution in [2.75, 3.05) is 0 Å². The summed E-state index contributed by atoms with van der Waals surface area (Å²) in [6.45, 7) is 0. The van der Waals surface area contributed by atoms with Crippen LogP contribution in [0.5, 0.6) is 0 Å². The zero-order valence-corrected chi connectivity index (χ0v) is 9.08. The molecule has 1 aliphatic carbocycles. The summed E-state index contributed by atoms with van der Waals surface area (Å²) in [7, 11) is 0. The van der Waals surface area contributed by atoms with Crippen LogP contribution in [0.2, 0.25) is 0 Å². The third-order valence-corrected chi connectivity index (χ3v) is 3.19. The molecule has 2 aliphatic rings. The smallest absolute Gasteiger partial charge is 0.0712 e. The van der Waals surface area contributed by atoms with Crippen LogP contribution in [0.25, 0.3) is 5.57 Å². The summed E-state index contributed by atoms with van der Waals surface area (Å²) in [5, 5.41) is 0. The number of allylic oxidation sites excluding steroid dienone is 4. The van der Waals surface area contributed by atoms with E-state index < -0.39 is 0 Å². The van der Waals surface area contributed by atoms with Gasteiger partial charge in [0.25, 0.3) is 0 Å². The number of nitrogens with zero attached hydrogens (tertiary/aromatic N) is 1. The van der Waals surface area contributed by atoms with E-state index in [2.05, 4.69) is 51.3 Å². The maximum absolute atomic E-state index is 4.60. The Hall–Kier alpha value is -1.15. The highest BCUT2D eigenvalue weighted by Gasteiger charge is 2.23. The highest BCUT2D eigenvalue weighted by atomic mass is 79.9. The summed E-state index contributed by atoms with van der Waals surface area (Å²) < 4.78 is 1.15. The van der Waals surface area contributed by atoms with Crippen LogP contribution < -0.4 is 0 Å². The lowest BCUT2D eigenvalue weighted by molar-refractivity contribution is 1.44. The summed E-state index contributed by atoms with van der Waals surface area (Å²) in [6.07, 6.45) is 5.19. The van der Waals surface area contributed by atoms with Gasteiger partial charge in [-0.1, -0.05) is 46.3 Å². The highest BCUT2D eigenvalue weighted by molar-refractivity contribution is 9.12. The van der Waals surface area contributed by atoms with Crippen LogP contribution in [-0.2, 0) is 0 Å². The summed E-state index contributed by atoms with van der Waals surface area (Å²) in [6, 6.07) is 8.28. The molecule has 1 aromatic rings. The van der Waals surface area contributed by atoms with Gasteiger partial charge in [-0.15, -0.1) is 0 Å². The molecule has 1 aromatic carbocycles.